The van der Waals surface area contributed by atoms with Gasteiger partial charge in [0.05, 0.1) is 0 Å². The van der Waals surface area contributed by atoms with E-state index in [4.69, 9.17) is 9.72 Å². The molecule has 0 aromatic carbocycles. The van der Waals surface area contributed by atoms with Crippen LogP contribution in [0.2, 0.25) is 0 Å². The zero-order chi connectivity index (χ0) is 13.0. The first kappa shape index (κ1) is 13.3. The molecule has 0 bridgehead atoms. The number of hydrogen-bond donors (Lipinski definition) is 1. The van der Waals surface area contributed by atoms with Crippen molar-refractivity contribution in [2.75, 3.05) is 19.0 Å². The largest absolute Gasteiger partial charge is 0.373 e. The van der Waals surface area contributed by atoms with Gasteiger partial charge in [-0.05, 0) is 26.2 Å². The van der Waals surface area contributed by atoms with Gasteiger partial charge in [-0.2, -0.15) is 0 Å². The molecule has 18 heavy (non-hydrogen) atoms. The molecule has 0 radical (unpaired) electrons. The number of hydrogen-bond acceptors (Lipinski definition) is 4. The van der Waals surface area contributed by atoms with Crippen molar-refractivity contribution in [2.45, 2.75) is 51.6 Å². The van der Waals surface area contributed by atoms with Gasteiger partial charge in [-0.15, -0.1) is 0 Å². The normalized spacial score (nSPS) is 16.6. The average molecular weight is 249 g/mol. The minimum Gasteiger partial charge on any atom is -0.373 e. The summed E-state index contributed by atoms with van der Waals surface area (Å²) in [5.41, 5.74) is 1.17. The summed E-state index contributed by atoms with van der Waals surface area (Å²) in [6, 6.07) is 2.07. The molecule has 1 unspecified atom stereocenters. The van der Waals surface area contributed by atoms with Gasteiger partial charge in [-0.3, -0.25) is 0 Å². The minimum absolute atomic E-state index is 0.0331. The van der Waals surface area contributed by atoms with E-state index in [0.717, 1.165) is 24.5 Å². The van der Waals surface area contributed by atoms with Crippen LogP contribution in [0.15, 0.2) is 6.07 Å². The van der Waals surface area contributed by atoms with Crippen LogP contribution in [0.1, 0.15) is 63.1 Å². The molecule has 1 atom stereocenters. The molecular formula is C14H23N3O. The van der Waals surface area contributed by atoms with Crippen molar-refractivity contribution in [3.8, 4) is 0 Å². The van der Waals surface area contributed by atoms with E-state index in [2.05, 4.69) is 23.3 Å². The van der Waals surface area contributed by atoms with Crippen LogP contribution in [0.3, 0.4) is 0 Å². The van der Waals surface area contributed by atoms with E-state index >= 15 is 0 Å². The van der Waals surface area contributed by atoms with Crippen molar-refractivity contribution in [1.82, 2.24) is 9.97 Å². The third-order valence-electron chi connectivity index (χ3n) is 3.22. The van der Waals surface area contributed by atoms with Crippen molar-refractivity contribution < 1.29 is 4.74 Å². The molecule has 1 saturated carbocycles. The molecule has 1 N–H and O–H groups in total. The molecule has 1 aromatic heterocycles. The summed E-state index contributed by atoms with van der Waals surface area (Å²) in [4.78, 5) is 9.26. The molecule has 1 aliphatic carbocycles. The Labute approximate surface area is 109 Å². The maximum Gasteiger partial charge on any atom is 0.159 e. The lowest BCUT2D eigenvalue weighted by atomic mass is 10.2. The summed E-state index contributed by atoms with van der Waals surface area (Å²) in [7, 11) is 1.90. The van der Waals surface area contributed by atoms with Gasteiger partial charge in [-0.1, -0.05) is 13.3 Å². The minimum atomic E-state index is 0.0331. The van der Waals surface area contributed by atoms with Gasteiger partial charge in [0.2, 0.25) is 0 Å². The van der Waals surface area contributed by atoms with E-state index in [9.17, 15) is 0 Å². The van der Waals surface area contributed by atoms with E-state index in [1.54, 1.807) is 0 Å². The highest BCUT2D eigenvalue weighted by atomic mass is 16.5. The molecule has 0 spiro atoms. The Balaban J connectivity index is 2.25. The molecule has 0 aliphatic heterocycles. The summed E-state index contributed by atoms with van der Waals surface area (Å²) < 4.78 is 5.77. The Hall–Kier alpha value is -1.16. The Morgan fingerprint density at radius 2 is 2.17 bits per heavy atom. The molecule has 2 rings (SSSR count). The van der Waals surface area contributed by atoms with Crippen molar-refractivity contribution >= 4 is 5.82 Å². The van der Waals surface area contributed by atoms with Crippen molar-refractivity contribution in [1.29, 1.82) is 0 Å². The Kier molecular flexibility index (Phi) is 4.53. The average Bonchev–Trinajstić information content (AvgIpc) is 3.22. The number of nitrogens with one attached hydrogen (secondary N) is 1. The predicted octanol–water partition coefficient (Wildman–Crippen LogP) is 3.27. The van der Waals surface area contributed by atoms with Crippen LogP contribution in [-0.4, -0.2) is 23.6 Å². The lowest BCUT2D eigenvalue weighted by molar-refractivity contribution is 0.0493. The Morgan fingerprint density at radius 1 is 1.39 bits per heavy atom. The lowest BCUT2D eigenvalue weighted by Crippen LogP contribution is -2.11. The van der Waals surface area contributed by atoms with Crippen LogP contribution in [-0.2, 0) is 4.74 Å². The maximum absolute atomic E-state index is 5.77. The molecule has 4 nitrogen and oxygen atoms in total. The second kappa shape index (κ2) is 6.14. The van der Waals surface area contributed by atoms with E-state index in [0.29, 0.717) is 12.5 Å². The summed E-state index contributed by atoms with van der Waals surface area (Å²) >= 11 is 0. The second-order valence-electron chi connectivity index (χ2n) is 4.79. The van der Waals surface area contributed by atoms with E-state index < -0.39 is 0 Å². The van der Waals surface area contributed by atoms with Gasteiger partial charge in [-0.25, -0.2) is 9.97 Å². The number of anilines is 1. The first-order valence-electron chi connectivity index (χ1n) is 6.96. The Morgan fingerprint density at radius 3 is 2.72 bits per heavy atom. The fraction of sp³-hybridized carbons (Fsp3) is 0.714. The van der Waals surface area contributed by atoms with Gasteiger partial charge in [0.25, 0.3) is 0 Å². The summed E-state index contributed by atoms with van der Waals surface area (Å²) in [5.74, 6) is 2.39. The maximum atomic E-state index is 5.77. The topological polar surface area (TPSA) is 47.0 Å². The van der Waals surface area contributed by atoms with Crippen LogP contribution < -0.4 is 5.32 Å². The zero-order valence-corrected chi connectivity index (χ0v) is 11.6. The van der Waals surface area contributed by atoms with Crippen molar-refractivity contribution in [3.05, 3.63) is 17.6 Å². The monoisotopic (exact) mass is 249 g/mol. The van der Waals surface area contributed by atoms with Gasteiger partial charge < -0.3 is 10.1 Å². The second-order valence-corrected chi connectivity index (χ2v) is 4.79. The van der Waals surface area contributed by atoms with Crippen molar-refractivity contribution in [3.63, 3.8) is 0 Å². The van der Waals surface area contributed by atoms with Gasteiger partial charge in [0, 0.05) is 31.3 Å². The first-order valence-corrected chi connectivity index (χ1v) is 6.96. The highest BCUT2D eigenvalue weighted by Crippen LogP contribution is 2.40. The summed E-state index contributed by atoms with van der Waals surface area (Å²) in [6.45, 7) is 4.89. The van der Waals surface area contributed by atoms with Crippen LogP contribution in [0.5, 0.6) is 0 Å². The number of ether oxygens (including phenoxy) is 1. The zero-order valence-electron chi connectivity index (χ0n) is 11.6. The molecular weight excluding hydrogens is 226 g/mol. The first-order chi connectivity index (χ1) is 8.78. The van der Waals surface area contributed by atoms with E-state index in [1.165, 1.54) is 18.5 Å². The standard InChI is InChI=1S/C14H23N3O/c1-4-6-12(18-5-2)14-16-11(10-7-8-10)9-13(15-3)17-14/h9-10,12H,4-8H2,1-3H3,(H,15,16,17). The Bertz CT molecular complexity index is 385. The summed E-state index contributed by atoms with van der Waals surface area (Å²) in [5, 5.41) is 3.12. The molecule has 100 valence electrons. The quantitative estimate of drug-likeness (QED) is 0.805. The smallest absolute Gasteiger partial charge is 0.159 e. The highest BCUT2D eigenvalue weighted by Gasteiger charge is 2.27. The number of nitrogens with zero attached hydrogens (tertiary/aromatic N) is 2. The predicted molar refractivity (Wildman–Crippen MR) is 72.8 cm³/mol. The fourth-order valence-electron chi connectivity index (χ4n) is 2.10. The molecule has 1 fully saturated rings. The van der Waals surface area contributed by atoms with Crippen LogP contribution >= 0.6 is 0 Å². The number of aromatic nitrogens is 2. The van der Waals surface area contributed by atoms with Gasteiger partial charge in [0.15, 0.2) is 5.82 Å². The van der Waals surface area contributed by atoms with Crippen LogP contribution in [0, 0.1) is 0 Å². The highest BCUT2D eigenvalue weighted by molar-refractivity contribution is 5.37. The molecule has 1 aliphatic rings. The SMILES string of the molecule is CCCC(OCC)c1nc(NC)cc(C2CC2)n1. The molecule has 1 heterocycles. The van der Waals surface area contributed by atoms with Gasteiger partial charge in [0.1, 0.15) is 11.9 Å². The molecule has 1 aromatic rings. The lowest BCUT2D eigenvalue weighted by Gasteiger charge is -2.16. The van der Waals surface area contributed by atoms with Crippen molar-refractivity contribution in [2.24, 2.45) is 0 Å². The van der Waals surface area contributed by atoms with Crippen LogP contribution in [0.4, 0.5) is 5.82 Å². The molecule has 4 heteroatoms. The third-order valence-corrected chi connectivity index (χ3v) is 3.22. The van der Waals surface area contributed by atoms with E-state index in [1.807, 2.05) is 14.0 Å². The third kappa shape index (κ3) is 3.19. The van der Waals surface area contributed by atoms with Gasteiger partial charge >= 0.3 is 0 Å². The molecule has 0 saturated heterocycles. The van der Waals surface area contributed by atoms with E-state index in [-0.39, 0.29) is 6.10 Å². The molecule has 0 amide bonds. The van der Waals surface area contributed by atoms with Crippen LogP contribution in [0.25, 0.3) is 0 Å². The number of rotatable bonds is 7. The fourth-order valence-corrected chi connectivity index (χ4v) is 2.10. The summed E-state index contributed by atoms with van der Waals surface area (Å²) in [6.07, 6.45) is 4.60.